The molecule has 29 heavy (non-hydrogen) atoms. The van der Waals surface area contributed by atoms with Gasteiger partial charge in [0.25, 0.3) is 5.91 Å². The topological polar surface area (TPSA) is 115 Å². The minimum absolute atomic E-state index is 0.171. The molecule has 1 amide bonds. The number of methoxy groups -OCH3 is 1. The van der Waals surface area contributed by atoms with Gasteiger partial charge in [-0.05, 0) is 45.4 Å². The highest BCUT2D eigenvalue weighted by molar-refractivity contribution is 6.04. The van der Waals surface area contributed by atoms with Gasteiger partial charge in [-0.2, -0.15) is 0 Å². The van der Waals surface area contributed by atoms with Crippen LogP contribution in [0.1, 0.15) is 56.3 Å². The summed E-state index contributed by atoms with van der Waals surface area (Å²) in [5.41, 5.74) is 1.76. The quantitative estimate of drug-likeness (QED) is 0.545. The molecule has 2 atom stereocenters. The fourth-order valence-electron chi connectivity index (χ4n) is 2.87. The van der Waals surface area contributed by atoms with E-state index in [0.717, 1.165) is 0 Å². The number of hydrogen-bond donors (Lipinski definition) is 2. The van der Waals surface area contributed by atoms with Crippen molar-refractivity contribution in [2.24, 2.45) is 0 Å². The van der Waals surface area contributed by atoms with Crippen LogP contribution in [0.25, 0.3) is 0 Å². The smallest absolute Gasteiger partial charge is 0.339 e. The first-order valence-electron chi connectivity index (χ1n) is 9.05. The number of hydrogen-bond acceptors (Lipinski definition) is 6. The number of Topliss-reactive ketones (excluding diaryl/α,β-unsaturated/α-hetero) is 1. The van der Waals surface area contributed by atoms with Crippen LogP contribution in [0.4, 0.5) is 0 Å². The van der Waals surface area contributed by atoms with Crippen LogP contribution in [0.2, 0.25) is 0 Å². The first-order valence-corrected chi connectivity index (χ1v) is 9.05. The Morgan fingerprint density at radius 2 is 1.66 bits per heavy atom. The summed E-state index contributed by atoms with van der Waals surface area (Å²) in [4.78, 5) is 51.9. The summed E-state index contributed by atoms with van der Waals surface area (Å²) < 4.78 is 9.94. The summed E-state index contributed by atoms with van der Waals surface area (Å²) >= 11 is 0. The molecule has 0 fully saturated rings. The average Bonchev–Trinajstić information content (AvgIpc) is 3.01. The van der Waals surface area contributed by atoms with Gasteiger partial charge in [-0.25, -0.2) is 9.59 Å². The Morgan fingerprint density at radius 1 is 1.03 bits per heavy atom. The van der Waals surface area contributed by atoms with E-state index in [1.807, 2.05) is 0 Å². The first-order chi connectivity index (χ1) is 13.7. The van der Waals surface area contributed by atoms with Crippen LogP contribution >= 0.6 is 0 Å². The standard InChI is InChI=1S/C21H24N2O6/c1-11-16(21(27)28-5)12(2)22-17(11)18(24)14(4)29-20(26)13(3)23-19(25)15-9-7-6-8-10-15/h6-10,13-14,22H,1-5H3,(H,23,25)/t13-,14?/m1/s1. The number of aromatic nitrogens is 1. The van der Waals surface area contributed by atoms with Crippen LogP contribution in [-0.4, -0.2) is 47.9 Å². The molecule has 1 unspecified atom stereocenters. The summed E-state index contributed by atoms with van der Waals surface area (Å²) in [6, 6.07) is 7.49. The predicted molar refractivity (Wildman–Crippen MR) is 105 cm³/mol. The molecule has 2 N–H and O–H groups in total. The van der Waals surface area contributed by atoms with Crippen LogP contribution in [0.3, 0.4) is 0 Å². The summed E-state index contributed by atoms with van der Waals surface area (Å²) in [7, 11) is 1.26. The number of ether oxygens (including phenoxy) is 2. The zero-order valence-electron chi connectivity index (χ0n) is 17.0. The number of esters is 2. The Morgan fingerprint density at radius 3 is 2.24 bits per heavy atom. The molecule has 8 heteroatoms. The summed E-state index contributed by atoms with van der Waals surface area (Å²) in [5, 5.41) is 2.53. The van der Waals surface area contributed by atoms with E-state index in [2.05, 4.69) is 10.3 Å². The Balaban J connectivity index is 2.04. The Bertz CT molecular complexity index is 932. The minimum Gasteiger partial charge on any atom is -0.465 e. The zero-order chi connectivity index (χ0) is 21.7. The predicted octanol–water partition coefficient (Wildman–Crippen LogP) is 2.35. The molecular weight excluding hydrogens is 376 g/mol. The number of nitrogens with one attached hydrogen (secondary N) is 2. The molecule has 0 aliphatic rings. The highest BCUT2D eigenvalue weighted by Gasteiger charge is 2.29. The highest BCUT2D eigenvalue weighted by atomic mass is 16.5. The lowest BCUT2D eigenvalue weighted by Crippen LogP contribution is -2.41. The van der Waals surface area contributed by atoms with Crippen LogP contribution in [-0.2, 0) is 14.3 Å². The molecule has 2 rings (SSSR count). The molecule has 154 valence electrons. The molecule has 0 aliphatic heterocycles. The maximum Gasteiger partial charge on any atom is 0.339 e. The molecule has 0 aliphatic carbocycles. The Hall–Kier alpha value is -3.42. The number of carbonyl (C=O) groups excluding carboxylic acids is 4. The van der Waals surface area contributed by atoms with Crippen molar-refractivity contribution in [2.45, 2.75) is 39.8 Å². The van der Waals surface area contributed by atoms with E-state index in [4.69, 9.17) is 9.47 Å². The minimum atomic E-state index is -1.11. The fraction of sp³-hybridized carbons (Fsp3) is 0.333. The van der Waals surface area contributed by atoms with Crippen LogP contribution < -0.4 is 5.32 Å². The molecule has 1 aromatic carbocycles. The molecular formula is C21H24N2O6. The summed E-state index contributed by atoms with van der Waals surface area (Å²) in [6.45, 7) is 6.16. The van der Waals surface area contributed by atoms with Gasteiger partial charge in [0.1, 0.15) is 6.04 Å². The average molecular weight is 400 g/mol. The van der Waals surface area contributed by atoms with Gasteiger partial charge in [0.05, 0.1) is 18.4 Å². The lowest BCUT2D eigenvalue weighted by Gasteiger charge is -2.17. The largest absolute Gasteiger partial charge is 0.465 e. The molecule has 0 saturated carbocycles. The van der Waals surface area contributed by atoms with Crippen molar-refractivity contribution >= 4 is 23.6 Å². The summed E-state index contributed by atoms with van der Waals surface area (Å²) in [6.07, 6.45) is -1.11. The van der Waals surface area contributed by atoms with Crippen LogP contribution in [0.15, 0.2) is 30.3 Å². The van der Waals surface area contributed by atoms with Gasteiger partial charge >= 0.3 is 11.9 Å². The number of H-pyrrole nitrogens is 1. The lowest BCUT2D eigenvalue weighted by molar-refractivity contribution is -0.148. The molecule has 0 saturated heterocycles. The second-order valence-electron chi connectivity index (χ2n) is 6.62. The van der Waals surface area contributed by atoms with E-state index >= 15 is 0 Å². The van der Waals surface area contributed by atoms with Crippen molar-refractivity contribution in [1.82, 2.24) is 10.3 Å². The third kappa shape index (κ3) is 4.90. The number of amides is 1. The SMILES string of the molecule is COC(=O)c1c(C)[nH]c(C(=O)C(C)OC(=O)[C@@H](C)NC(=O)c2ccccc2)c1C. The first kappa shape index (κ1) is 21.9. The summed E-state index contributed by atoms with van der Waals surface area (Å²) in [5.74, 6) is -2.22. The van der Waals surface area contributed by atoms with Crippen LogP contribution in [0.5, 0.6) is 0 Å². The second kappa shape index (κ2) is 9.18. The van der Waals surface area contributed by atoms with Crippen molar-refractivity contribution in [3.63, 3.8) is 0 Å². The van der Waals surface area contributed by atoms with E-state index < -0.39 is 35.8 Å². The van der Waals surface area contributed by atoms with Gasteiger partial charge < -0.3 is 19.8 Å². The van der Waals surface area contributed by atoms with E-state index in [1.165, 1.54) is 21.0 Å². The number of benzene rings is 1. The molecule has 0 radical (unpaired) electrons. The maximum atomic E-state index is 12.7. The number of aryl methyl sites for hydroxylation is 1. The highest BCUT2D eigenvalue weighted by Crippen LogP contribution is 2.21. The van der Waals surface area contributed by atoms with E-state index in [1.54, 1.807) is 44.2 Å². The zero-order valence-corrected chi connectivity index (χ0v) is 17.0. The fourth-order valence-corrected chi connectivity index (χ4v) is 2.87. The second-order valence-corrected chi connectivity index (χ2v) is 6.62. The van der Waals surface area contributed by atoms with Crippen molar-refractivity contribution in [3.05, 3.63) is 58.4 Å². The van der Waals surface area contributed by atoms with Crippen LogP contribution in [0, 0.1) is 13.8 Å². The third-order valence-corrected chi connectivity index (χ3v) is 4.47. The number of rotatable bonds is 7. The Labute approximate surface area is 168 Å². The van der Waals surface area contributed by atoms with Gasteiger partial charge in [-0.1, -0.05) is 18.2 Å². The molecule has 2 aromatic rings. The van der Waals surface area contributed by atoms with Crippen molar-refractivity contribution in [1.29, 1.82) is 0 Å². The van der Waals surface area contributed by atoms with E-state index in [0.29, 0.717) is 16.8 Å². The van der Waals surface area contributed by atoms with E-state index in [-0.39, 0.29) is 11.3 Å². The van der Waals surface area contributed by atoms with Crippen molar-refractivity contribution in [3.8, 4) is 0 Å². The number of ketones is 1. The monoisotopic (exact) mass is 400 g/mol. The van der Waals surface area contributed by atoms with Gasteiger partial charge in [0.15, 0.2) is 6.10 Å². The molecule has 8 nitrogen and oxygen atoms in total. The van der Waals surface area contributed by atoms with E-state index in [9.17, 15) is 19.2 Å². The van der Waals surface area contributed by atoms with Gasteiger partial charge in [-0.15, -0.1) is 0 Å². The van der Waals surface area contributed by atoms with Gasteiger partial charge in [0, 0.05) is 11.3 Å². The maximum absolute atomic E-state index is 12.7. The Kier molecular flexibility index (Phi) is 6.93. The third-order valence-electron chi connectivity index (χ3n) is 4.47. The lowest BCUT2D eigenvalue weighted by atomic mass is 10.1. The number of aromatic amines is 1. The molecule has 0 bridgehead atoms. The van der Waals surface area contributed by atoms with Crippen molar-refractivity contribution < 1.29 is 28.7 Å². The van der Waals surface area contributed by atoms with Gasteiger partial charge in [0.2, 0.25) is 5.78 Å². The molecule has 0 spiro atoms. The normalized spacial score (nSPS) is 12.6. The molecule has 1 aromatic heterocycles. The molecule has 1 heterocycles. The van der Waals surface area contributed by atoms with Crippen molar-refractivity contribution in [2.75, 3.05) is 7.11 Å². The van der Waals surface area contributed by atoms with Gasteiger partial charge in [-0.3, -0.25) is 9.59 Å². The number of carbonyl (C=O) groups is 4.